The summed E-state index contributed by atoms with van der Waals surface area (Å²) in [5.41, 5.74) is -0.220. The minimum atomic E-state index is -0.220. The van der Waals surface area contributed by atoms with Crippen molar-refractivity contribution < 1.29 is 4.79 Å². The molecule has 0 aliphatic carbocycles. The Kier molecular flexibility index (Phi) is 2.74. The molecule has 2 aliphatic heterocycles. The maximum atomic E-state index is 12.0. The molecule has 14 heavy (non-hydrogen) atoms. The zero-order valence-corrected chi connectivity index (χ0v) is 8.81. The molecular formula is C10H19N3O. The van der Waals surface area contributed by atoms with E-state index in [0.29, 0.717) is 0 Å². The summed E-state index contributed by atoms with van der Waals surface area (Å²) in [6.45, 7) is 3.77. The fraction of sp³-hybridized carbons (Fsp3) is 0.900. The third-order valence-electron chi connectivity index (χ3n) is 3.54. The Morgan fingerprint density at radius 3 is 2.71 bits per heavy atom. The van der Waals surface area contributed by atoms with E-state index in [4.69, 9.17) is 0 Å². The smallest absolute Gasteiger partial charge is 0.240 e. The van der Waals surface area contributed by atoms with E-state index in [2.05, 4.69) is 22.6 Å². The van der Waals surface area contributed by atoms with E-state index in [1.54, 1.807) is 0 Å². The van der Waals surface area contributed by atoms with Gasteiger partial charge in [0.1, 0.15) is 5.54 Å². The second-order valence-electron chi connectivity index (χ2n) is 4.31. The van der Waals surface area contributed by atoms with Gasteiger partial charge in [-0.1, -0.05) is 0 Å². The van der Waals surface area contributed by atoms with Crippen LogP contribution in [0.5, 0.6) is 0 Å². The van der Waals surface area contributed by atoms with E-state index < -0.39 is 0 Å². The highest BCUT2D eigenvalue weighted by Gasteiger charge is 2.43. The number of nitrogens with zero attached hydrogens (tertiary/aromatic N) is 1. The van der Waals surface area contributed by atoms with Crippen molar-refractivity contribution in [3.05, 3.63) is 0 Å². The maximum Gasteiger partial charge on any atom is 0.240 e. The topological polar surface area (TPSA) is 44.4 Å². The largest absolute Gasteiger partial charge is 0.354 e. The molecule has 1 spiro atoms. The van der Waals surface area contributed by atoms with Crippen LogP contribution in [-0.2, 0) is 4.79 Å². The second-order valence-corrected chi connectivity index (χ2v) is 4.31. The minimum absolute atomic E-state index is 0.220. The Labute approximate surface area is 85.0 Å². The summed E-state index contributed by atoms with van der Waals surface area (Å²) in [7, 11) is 2.08. The van der Waals surface area contributed by atoms with Gasteiger partial charge in [-0.2, -0.15) is 0 Å². The average Bonchev–Trinajstić information content (AvgIpc) is 2.35. The number of nitrogens with one attached hydrogen (secondary N) is 2. The van der Waals surface area contributed by atoms with Gasteiger partial charge < -0.3 is 10.6 Å². The molecule has 2 aliphatic rings. The van der Waals surface area contributed by atoms with Gasteiger partial charge in [-0.15, -0.1) is 0 Å². The third-order valence-corrected chi connectivity index (χ3v) is 3.54. The van der Waals surface area contributed by atoms with Gasteiger partial charge in [-0.05, 0) is 39.4 Å². The van der Waals surface area contributed by atoms with Crippen LogP contribution in [0.3, 0.4) is 0 Å². The van der Waals surface area contributed by atoms with Gasteiger partial charge in [0, 0.05) is 13.1 Å². The minimum Gasteiger partial charge on any atom is -0.354 e. The fourth-order valence-electron chi connectivity index (χ4n) is 2.52. The Hall–Kier alpha value is -0.610. The van der Waals surface area contributed by atoms with Crippen molar-refractivity contribution in [3.8, 4) is 0 Å². The number of likely N-dealkylation sites (N-methyl/N-ethyl adjacent to an activating group) is 1. The lowest BCUT2D eigenvalue weighted by molar-refractivity contribution is -0.133. The number of piperidine rings is 1. The fourth-order valence-corrected chi connectivity index (χ4v) is 2.52. The molecular weight excluding hydrogens is 178 g/mol. The molecule has 2 rings (SSSR count). The van der Waals surface area contributed by atoms with Crippen LogP contribution < -0.4 is 10.6 Å². The van der Waals surface area contributed by atoms with Gasteiger partial charge >= 0.3 is 0 Å². The van der Waals surface area contributed by atoms with E-state index in [-0.39, 0.29) is 11.4 Å². The van der Waals surface area contributed by atoms with E-state index in [1.807, 2.05) is 0 Å². The van der Waals surface area contributed by atoms with Gasteiger partial charge in [-0.25, -0.2) is 0 Å². The second kappa shape index (κ2) is 3.87. The van der Waals surface area contributed by atoms with Crippen molar-refractivity contribution in [1.29, 1.82) is 0 Å². The lowest BCUT2D eigenvalue weighted by Crippen LogP contribution is -2.60. The summed E-state index contributed by atoms with van der Waals surface area (Å²) in [6.07, 6.45) is 2.95. The van der Waals surface area contributed by atoms with Gasteiger partial charge in [0.2, 0.25) is 5.91 Å². The van der Waals surface area contributed by atoms with Gasteiger partial charge in [0.25, 0.3) is 0 Å². The number of hydrogen-bond donors (Lipinski definition) is 2. The Balaban J connectivity index is 2.20. The maximum absolute atomic E-state index is 12.0. The summed E-state index contributed by atoms with van der Waals surface area (Å²) >= 11 is 0. The number of carbonyl (C=O) groups excluding carboxylic acids is 1. The predicted octanol–water partition coefficient (Wildman–Crippen LogP) is -0.440. The normalized spacial score (nSPS) is 28.5. The summed E-state index contributed by atoms with van der Waals surface area (Å²) in [5, 5.41) is 6.34. The van der Waals surface area contributed by atoms with Crippen LogP contribution in [0.4, 0.5) is 0 Å². The molecule has 2 N–H and O–H groups in total. The molecule has 0 aromatic carbocycles. The number of hydrogen-bond acceptors (Lipinski definition) is 3. The summed E-state index contributed by atoms with van der Waals surface area (Å²) in [6, 6.07) is 0. The van der Waals surface area contributed by atoms with Crippen LogP contribution in [0.2, 0.25) is 0 Å². The summed E-state index contributed by atoms with van der Waals surface area (Å²) in [5.74, 6) is 0.235. The molecule has 0 unspecified atom stereocenters. The lowest BCUT2D eigenvalue weighted by Gasteiger charge is -2.41. The van der Waals surface area contributed by atoms with Crippen molar-refractivity contribution >= 4 is 5.91 Å². The SMILES string of the molecule is CN1CCCNC(=O)C12CCNCC2. The molecule has 0 bridgehead atoms. The molecule has 4 nitrogen and oxygen atoms in total. The molecule has 2 fully saturated rings. The molecule has 2 heterocycles. The lowest BCUT2D eigenvalue weighted by atomic mass is 9.86. The summed E-state index contributed by atoms with van der Waals surface area (Å²) in [4.78, 5) is 14.3. The van der Waals surface area contributed by atoms with E-state index in [9.17, 15) is 4.79 Å². The standard InChI is InChI=1S/C10H19N3O/c1-13-8-2-5-12-9(14)10(13)3-6-11-7-4-10/h11H,2-8H2,1H3,(H,12,14). The first-order chi connectivity index (χ1) is 6.76. The van der Waals surface area contributed by atoms with Crippen molar-refractivity contribution in [2.24, 2.45) is 0 Å². The molecule has 1 amide bonds. The average molecular weight is 197 g/mol. The number of carbonyl (C=O) groups is 1. The van der Waals surface area contributed by atoms with E-state index in [0.717, 1.165) is 45.4 Å². The van der Waals surface area contributed by atoms with Crippen molar-refractivity contribution in [1.82, 2.24) is 15.5 Å². The first kappa shape index (κ1) is 9.93. The van der Waals surface area contributed by atoms with E-state index in [1.165, 1.54) is 0 Å². The molecule has 0 aromatic heterocycles. The molecule has 0 saturated carbocycles. The van der Waals surface area contributed by atoms with Gasteiger partial charge in [0.15, 0.2) is 0 Å². The Morgan fingerprint density at radius 1 is 1.29 bits per heavy atom. The van der Waals surface area contributed by atoms with Gasteiger partial charge in [-0.3, -0.25) is 9.69 Å². The molecule has 0 radical (unpaired) electrons. The highest BCUT2D eigenvalue weighted by atomic mass is 16.2. The summed E-state index contributed by atoms with van der Waals surface area (Å²) < 4.78 is 0. The van der Waals surface area contributed by atoms with Crippen LogP contribution in [-0.4, -0.2) is 49.6 Å². The van der Waals surface area contributed by atoms with Crippen LogP contribution in [0.15, 0.2) is 0 Å². The first-order valence-electron chi connectivity index (χ1n) is 5.46. The molecule has 2 saturated heterocycles. The Bertz CT molecular complexity index is 223. The predicted molar refractivity (Wildman–Crippen MR) is 55.1 cm³/mol. The first-order valence-corrected chi connectivity index (χ1v) is 5.46. The van der Waals surface area contributed by atoms with Crippen LogP contribution in [0.1, 0.15) is 19.3 Å². The highest BCUT2D eigenvalue weighted by Crippen LogP contribution is 2.26. The molecule has 4 heteroatoms. The van der Waals surface area contributed by atoms with Crippen LogP contribution in [0, 0.1) is 0 Å². The zero-order valence-electron chi connectivity index (χ0n) is 8.81. The van der Waals surface area contributed by atoms with Crippen molar-refractivity contribution in [2.45, 2.75) is 24.8 Å². The monoisotopic (exact) mass is 197 g/mol. The van der Waals surface area contributed by atoms with E-state index >= 15 is 0 Å². The van der Waals surface area contributed by atoms with Gasteiger partial charge in [0.05, 0.1) is 0 Å². The van der Waals surface area contributed by atoms with Crippen LogP contribution in [0.25, 0.3) is 0 Å². The van der Waals surface area contributed by atoms with Crippen LogP contribution >= 0.6 is 0 Å². The third kappa shape index (κ3) is 1.53. The van der Waals surface area contributed by atoms with Crippen molar-refractivity contribution in [3.63, 3.8) is 0 Å². The quantitative estimate of drug-likeness (QED) is 0.553. The Morgan fingerprint density at radius 2 is 2.00 bits per heavy atom. The molecule has 0 atom stereocenters. The highest BCUT2D eigenvalue weighted by molar-refractivity contribution is 5.86. The number of amides is 1. The molecule has 0 aromatic rings. The zero-order chi connectivity index (χ0) is 10.0. The number of rotatable bonds is 0. The molecule has 80 valence electrons. The van der Waals surface area contributed by atoms with Crippen molar-refractivity contribution in [2.75, 3.05) is 33.2 Å².